The van der Waals surface area contributed by atoms with Crippen molar-refractivity contribution in [2.24, 2.45) is 0 Å². The third-order valence-corrected chi connectivity index (χ3v) is 7.18. The van der Waals surface area contributed by atoms with E-state index in [9.17, 15) is 4.79 Å². The molecule has 1 saturated heterocycles. The minimum absolute atomic E-state index is 0.0441. The second-order valence-corrected chi connectivity index (χ2v) is 9.54. The quantitative estimate of drug-likeness (QED) is 0.558. The Bertz CT molecular complexity index is 969. The molecule has 9 heteroatoms. The fourth-order valence-corrected chi connectivity index (χ4v) is 5.09. The molecule has 3 aromatic rings. The molecule has 0 radical (unpaired) electrons. The second-order valence-electron chi connectivity index (χ2n) is 6.83. The molecule has 1 N–H and O–H groups in total. The summed E-state index contributed by atoms with van der Waals surface area (Å²) in [4.78, 5) is 22.9. The maximum Gasteiger partial charge on any atom is 0.238 e. The highest BCUT2D eigenvalue weighted by atomic mass is 35.5. The molecule has 5 nitrogen and oxygen atoms in total. The van der Waals surface area contributed by atoms with Crippen LogP contribution in [0.25, 0.3) is 10.6 Å². The van der Waals surface area contributed by atoms with Crippen LogP contribution in [0.5, 0.6) is 0 Å². The fraction of sp³-hybridized carbons (Fsp3) is 0.300. The highest BCUT2D eigenvalue weighted by molar-refractivity contribution is 7.14. The molecule has 3 heterocycles. The topological polar surface area (TPSA) is 48.5 Å². The Morgan fingerprint density at radius 3 is 2.59 bits per heavy atom. The standard InChI is InChI=1S/C20H20Cl2N4OS2/c21-15-4-3-14(10-16(15)22)23-19(27)11-25-5-7-26(8-6-25)12-20-24-17(13-29-20)18-2-1-9-28-18/h1-4,9-10,13H,5-8,11-12H2,(H,23,27). The summed E-state index contributed by atoms with van der Waals surface area (Å²) in [6, 6.07) is 9.25. The van der Waals surface area contributed by atoms with Gasteiger partial charge in [0.1, 0.15) is 5.01 Å². The van der Waals surface area contributed by atoms with Gasteiger partial charge in [-0.25, -0.2) is 4.98 Å². The summed E-state index contributed by atoms with van der Waals surface area (Å²) in [5.74, 6) is -0.0441. The SMILES string of the molecule is O=C(CN1CCN(Cc2nc(-c3cccs3)cs2)CC1)Nc1ccc(Cl)c(Cl)c1. The van der Waals surface area contributed by atoms with Crippen molar-refractivity contribution >= 4 is 57.5 Å². The van der Waals surface area contributed by atoms with E-state index in [0.29, 0.717) is 22.3 Å². The van der Waals surface area contributed by atoms with Crippen molar-refractivity contribution in [1.29, 1.82) is 0 Å². The Balaban J connectivity index is 1.23. The van der Waals surface area contributed by atoms with Gasteiger partial charge in [-0.2, -0.15) is 0 Å². The molecule has 152 valence electrons. The third-order valence-electron chi connectivity index (χ3n) is 4.72. The number of nitrogens with zero attached hydrogens (tertiary/aromatic N) is 3. The van der Waals surface area contributed by atoms with Crippen LogP contribution in [-0.4, -0.2) is 53.4 Å². The molecular formula is C20H20Cl2N4OS2. The Morgan fingerprint density at radius 1 is 1.07 bits per heavy atom. The van der Waals surface area contributed by atoms with Crippen molar-refractivity contribution in [2.75, 3.05) is 38.0 Å². The smallest absolute Gasteiger partial charge is 0.238 e. The number of thiazole rings is 1. The summed E-state index contributed by atoms with van der Waals surface area (Å²) in [5.41, 5.74) is 1.73. The van der Waals surface area contributed by atoms with Crippen molar-refractivity contribution < 1.29 is 4.79 Å². The fourth-order valence-electron chi connectivity index (χ4n) is 3.20. The summed E-state index contributed by atoms with van der Waals surface area (Å²) in [6.45, 7) is 4.80. The molecule has 1 fully saturated rings. The van der Waals surface area contributed by atoms with E-state index in [1.807, 2.05) is 0 Å². The lowest BCUT2D eigenvalue weighted by atomic mass is 10.3. The number of hydrogen-bond acceptors (Lipinski definition) is 6. The molecule has 1 aromatic carbocycles. The largest absolute Gasteiger partial charge is 0.325 e. The number of thiophene rings is 1. The highest BCUT2D eigenvalue weighted by Gasteiger charge is 2.20. The minimum atomic E-state index is -0.0441. The zero-order valence-electron chi connectivity index (χ0n) is 15.6. The van der Waals surface area contributed by atoms with Crippen LogP contribution >= 0.6 is 45.9 Å². The van der Waals surface area contributed by atoms with Gasteiger partial charge in [-0.1, -0.05) is 29.3 Å². The van der Waals surface area contributed by atoms with Crippen LogP contribution in [0.1, 0.15) is 5.01 Å². The van der Waals surface area contributed by atoms with Gasteiger partial charge < -0.3 is 5.32 Å². The first-order valence-corrected chi connectivity index (χ1v) is 11.8. The zero-order valence-corrected chi connectivity index (χ0v) is 18.8. The number of carbonyl (C=O) groups is 1. The van der Waals surface area contributed by atoms with Gasteiger partial charge in [0, 0.05) is 37.2 Å². The predicted octanol–water partition coefficient (Wildman–Crippen LogP) is 4.93. The van der Waals surface area contributed by atoms with E-state index in [1.54, 1.807) is 40.9 Å². The van der Waals surface area contributed by atoms with E-state index >= 15 is 0 Å². The molecule has 0 unspecified atom stereocenters. The van der Waals surface area contributed by atoms with E-state index in [-0.39, 0.29) is 5.91 Å². The Labute approximate surface area is 187 Å². The number of amides is 1. The molecular weight excluding hydrogens is 447 g/mol. The van der Waals surface area contributed by atoms with Crippen molar-refractivity contribution in [3.8, 4) is 10.6 Å². The van der Waals surface area contributed by atoms with E-state index in [2.05, 4.69) is 38.0 Å². The van der Waals surface area contributed by atoms with E-state index in [0.717, 1.165) is 43.4 Å². The average molecular weight is 467 g/mol. The zero-order chi connectivity index (χ0) is 20.2. The van der Waals surface area contributed by atoms with E-state index < -0.39 is 0 Å². The molecule has 0 atom stereocenters. The number of carbonyl (C=O) groups excluding carboxylic acids is 1. The lowest BCUT2D eigenvalue weighted by Crippen LogP contribution is -2.48. The number of benzene rings is 1. The first-order valence-electron chi connectivity index (χ1n) is 9.25. The molecule has 1 aliphatic rings. The molecule has 29 heavy (non-hydrogen) atoms. The minimum Gasteiger partial charge on any atom is -0.325 e. The molecule has 1 amide bonds. The van der Waals surface area contributed by atoms with Crippen LogP contribution in [0.15, 0.2) is 41.1 Å². The number of rotatable bonds is 6. The summed E-state index contributed by atoms with van der Waals surface area (Å²) >= 11 is 15.3. The Kier molecular flexibility index (Phi) is 6.85. The number of piperazine rings is 1. The van der Waals surface area contributed by atoms with Crippen molar-refractivity contribution in [1.82, 2.24) is 14.8 Å². The lowest BCUT2D eigenvalue weighted by molar-refractivity contribution is -0.117. The highest BCUT2D eigenvalue weighted by Crippen LogP contribution is 2.27. The number of aromatic nitrogens is 1. The number of halogens is 2. The molecule has 4 rings (SSSR count). The Morgan fingerprint density at radius 2 is 1.86 bits per heavy atom. The maximum absolute atomic E-state index is 12.3. The monoisotopic (exact) mass is 466 g/mol. The van der Waals surface area contributed by atoms with Crippen LogP contribution in [0.3, 0.4) is 0 Å². The molecule has 2 aromatic heterocycles. The van der Waals surface area contributed by atoms with Gasteiger partial charge in [-0.15, -0.1) is 22.7 Å². The van der Waals surface area contributed by atoms with Gasteiger partial charge in [0.05, 0.1) is 33.7 Å². The Hall–Kier alpha value is -1.48. The second kappa shape index (κ2) is 9.55. The van der Waals surface area contributed by atoms with Gasteiger partial charge in [0.15, 0.2) is 0 Å². The summed E-state index contributed by atoms with van der Waals surface area (Å²) in [7, 11) is 0. The van der Waals surface area contributed by atoms with E-state index in [1.165, 1.54) is 4.88 Å². The first kappa shape index (κ1) is 20.8. The van der Waals surface area contributed by atoms with Crippen LogP contribution < -0.4 is 5.32 Å². The molecule has 0 spiro atoms. The number of nitrogens with one attached hydrogen (secondary N) is 1. The molecule has 1 aliphatic heterocycles. The first-order chi connectivity index (χ1) is 14.1. The van der Waals surface area contributed by atoms with Gasteiger partial charge in [0.2, 0.25) is 5.91 Å². The molecule has 0 aliphatic carbocycles. The van der Waals surface area contributed by atoms with Crippen LogP contribution in [0, 0.1) is 0 Å². The van der Waals surface area contributed by atoms with Gasteiger partial charge >= 0.3 is 0 Å². The third kappa shape index (κ3) is 5.57. The molecule has 0 saturated carbocycles. The van der Waals surface area contributed by atoms with Crippen LogP contribution in [-0.2, 0) is 11.3 Å². The van der Waals surface area contributed by atoms with Crippen LogP contribution in [0.2, 0.25) is 10.0 Å². The molecule has 0 bridgehead atoms. The van der Waals surface area contributed by atoms with E-state index in [4.69, 9.17) is 28.2 Å². The predicted molar refractivity (Wildman–Crippen MR) is 122 cm³/mol. The lowest BCUT2D eigenvalue weighted by Gasteiger charge is -2.33. The van der Waals surface area contributed by atoms with Crippen molar-refractivity contribution in [3.05, 3.63) is 56.1 Å². The average Bonchev–Trinajstić information content (AvgIpc) is 3.38. The van der Waals surface area contributed by atoms with Gasteiger partial charge in [-0.3, -0.25) is 14.6 Å². The summed E-state index contributed by atoms with van der Waals surface area (Å²) in [6.07, 6.45) is 0. The van der Waals surface area contributed by atoms with Crippen LogP contribution in [0.4, 0.5) is 5.69 Å². The normalized spacial score (nSPS) is 15.5. The maximum atomic E-state index is 12.3. The summed E-state index contributed by atoms with van der Waals surface area (Å²) < 4.78 is 0. The van der Waals surface area contributed by atoms with Crippen molar-refractivity contribution in [2.45, 2.75) is 6.54 Å². The van der Waals surface area contributed by atoms with Crippen molar-refractivity contribution in [3.63, 3.8) is 0 Å². The number of hydrogen-bond donors (Lipinski definition) is 1. The van der Waals surface area contributed by atoms with Gasteiger partial charge in [-0.05, 0) is 29.6 Å². The summed E-state index contributed by atoms with van der Waals surface area (Å²) in [5, 5.41) is 9.13. The van der Waals surface area contributed by atoms with Gasteiger partial charge in [0.25, 0.3) is 0 Å². The number of anilines is 1.